The van der Waals surface area contributed by atoms with Crippen LogP contribution < -0.4 is 15.0 Å². The summed E-state index contributed by atoms with van der Waals surface area (Å²) in [4.78, 5) is 14.4. The molecule has 3 aromatic heterocycles. The third kappa shape index (κ3) is 6.01. The zero-order chi connectivity index (χ0) is 28.6. The number of likely N-dealkylation sites (N-methyl/N-ethyl adjacent to an activating group) is 1. The first-order valence-corrected chi connectivity index (χ1v) is 13.3. The molecule has 0 bridgehead atoms. The Balaban J connectivity index is 1.25. The van der Waals surface area contributed by atoms with E-state index in [1.165, 1.54) is 37.8 Å². The van der Waals surface area contributed by atoms with Crippen LogP contribution in [-0.4, -0.2) is 58.6 Å². The van der Waals surface area contributed by atoms with Crippen LogP contribution in [0.5, 0.6) is 5.75 Å². The van der Waals surface area contributed by atoms with Gasteiger partial charge < -0.3 is 20.1 Å². The Labute approximate surface area is 230 Å². The van der Waals surface area contributed by atoms with Gasteiger partial charge in [0.15, 0.2) is 5.75 Å². The summed E-state index contributed by atoms with van der Waals surface area (Å²) in [5, 5.41) is 14.7. The van der Waals surface area contributed by atoms with Crippen molar-refractivity contribution >= 4 is 27.4 Å². The molecule has 2 N–H and O–H groups in total. The number of nitrogens with zero attached hydrogens (tertiary/aromatic N) is 4. The van der Waals surface area contributed by atoms with Crippen LogP contribution in [0.15, 0.2) is 42.9 Å². The van der Waals surface area contributed by atoms with Gasteiger partial charge in [0.1, 0.15) is 22.8 Å². The molecule has 13 heteroatoms. The molecule has 0 aliphatic heterocycles. The molecule has 3 heterocycles. The zero-order valence-electron chi connectivity index (χ0n) is 21.5. The molecule has 212 valence electrons. The lowest BCUT2D eigenvalue weighted by Gasteiger charge is -2.28. The molecule has 0 unspecified atom stereocenters. The molecule has 1 saturated carbocycles. The van der Waals surface area contributed by atoms with Gasteiger partial charge in [-0.1, -0.05) is 12.1 Å². The molecule has 0 saturated heterocycles. The quantitative estimate of drug-likeness (QED) is 0.218. The Morgan fingerprint density at radius 1 is 1.12 bits per heavy atom. The Morgan fingerprint density at radius 2 is 1.93 bits per heavy atom. The highest BCUT2D eigenvalue weighted by molar-refractivity contribution is 7.18. The van der Waals surface area contributed by atoms with Gasteiger partial charge in [0.25, 0.3) is 5.95 Å². The number of fused-ring (bicyclic) bond motifs is 1. The van der Waals surface area contributed by atoms with Crippen molar-refractivity contribution < 1.29 is 31.8 Å². The normalized spacial score (nSPS) is 19.4. The van der Waals surface area contributed by atoms with Crippen LogP contribution in [0.4, 0.5) is 27.8 Å². The SMILES string of the molecule is COc1cc(-c2ccc(CN[C@H]3C[C@@H](O)[C@@H](N(C)c4ncnc5sc(CC(F)(F)F)cc45)C3)cc2F)cnc1F. The summed E-state index contributed by atoms with van der Waals surface area (Å²) in [5.74, 6) is -0.887. The largest absolute Gasteiger partial charge is 0.492 e. The number of alkyl halides is 3. The lowest BCUT2D eigenvalue weighted by atomic mass is 10.0. The first-order chi connectivity index (χ1) is 19.0. The van der Waals surface area contributed by atoms with Crippen LogP contribution in [-0.2, 0) is 13.0 Å². The van der Waals surface area contributed by atoms with Crippen molar-refractivity contribution in [1.82, 2.24) is 20.3 Å². The van der Waals surface area contributed by atoms with E-state index in [9.17, 15) is 27.1 Å². The van der Waals surface area contributed by atoms with Gasteiger partial charge in [-0.25, -0.2) is 19.3 Å². The van der Waals surface area contributed by atoms with E-state index in [2.05, 4.69) is 20.3 Å². The average molecular weight is 580 g/mol. The Morgan fingerprint density at radius 3 is 2.65 bits per heavy atom. The summed E-state index contributed by atoms with van der Waals surface area (Å²) in [6.45, 7) is 0.346. The van der Waals surface area contributed by atoms with Crippen LogP contribution in [0.3, 0.4) is 0 Å². The number of thiophene rings is 1. The number of ether oxygens (including phenoxy) is 1. The molecule has 3 atom stereocenters. The summed E-state index contributed by atoms with van der Waals surface area (Å²) < 4.78 is 72.2. The lowest BCUT2D eigenvalue weighted by molar-refractivity contribution is -0.126. The van der Waals surface area contributed by atoms with Gasteiger partial charge in [0.05, 0.1) is 31.1 Å². The molecular formula is C27H26F5N5O2S. The maximum atomic E-state index is 14.9. The molecule has 1 aliphatic carbocycles. The number of methoxy groups -OCH3 is 1. The van der Waals surface area contributed by atoms with Crippen LogP contribution >= 0.6 is 11.3 Å². The van der Waals surface area contributed by atoms with E-state index in [1.54, 1.807) is 24.1 Å². The molecule has 0 amide bonds. The average Bonchev–Trinajstić information content (AvgIpc) is 3.48. The Kier molecular flexibility index (Phi) is 7.89. The van der Waals surface area contributed by atoms with Gasteiger partial charge in [0, 0.05) is 41.8 Å². The van der Waals surface area contributed by atoms with Gasteiger partial charge in [-0.2, -0.15) is 17.6 Å². The first-order valence-electron chi connectivity index (χ1n) is 12.4. The van der Waals surface area contributed by atoms with Crippen LogP contribution in [0.25, 0.3) is 21.3 Å². The second-order valence-corrected chi connectivity index (χ2v) is 10.9. The molecule has 40 heavy (non-hydrogen) atoms. The maximum absolute atomic E-state index is 14.9. The molecule has 0 radical (unpaired) electrons. The molecule has 7 nitrogen and oxygen atoms in total. The number of hydrogen-bond acceptors (Lipinski definition) is 8. The highest BCUT2D eigenvalue weighted by Gasteiger charge is 2.37. The third-order valence-corrected chi connectivity index (χ3v) is 8.07. The van der Waals surface area contributed by atoms with E-state index in [0.717, 1.165) is 11.3 Å². The number of anilines is 1. The molecule has 5 rings (SSSR count). The number of aromatic nitrogens is 3. The Hall–Kier alpha value is -3.42. The van der Waals surface area contributed by atoms with Crippen molar-refractivity contribution in [2.45, 2.75) is 50.2 Å². The van der Waals surface area contributed by atoms with E-state index in [4.69, 9.17) is 4.74 Å². The second-order valence-electron chi connectivity index (χ2n) is 9.75. The van der Waals surface area contributed by atoms with Gasteiger partial charge in [-0.15, -0.1) is 11.3 Å². The molecule has 1 aliphatic rings. The van der Waals surface area contributed by atoms with E-state index in [-0.39, 0.29) is 28.3 Å². The van der Waals surface area contributed by atoms with Crippen LogP contribution in [0, 0.1) is 11.8 Å². The number of benzene rings is 1. The fraction of sp³-hybridized carbons (Fsp3) is 0.370. The number of aliphatic hydroxyl groups is 1. The van der Waals surface area contributed by atoms with Gasteiger partial charge in [-0.3, -0.25) is 0 Å². The number of aliphatic hydroxyl groups excluding tert-OH is 1. The highest BCUT2D eigenvalue weighted by Crippen LogP contribution is 2.36. The molecule has 0 spiro atoms. The summed E-state index contributed by atoms with van der Waals surface area (Å²) in [5.41, 5.74) is 1.33. The number of pyridine rings is 1. The molecular weight excluding hydrogens is 553 g/mol. The minimum Gasteiger partial charge on any atom is -0.492 e. The number of rotatable bonds is 8. The fourth-order valence-corrected chi connectivity index (χ4v) is 6.10. The zero-order valence-corrected chi connectivity index (χ0v) is 22.4. The monoisotopic (exact) mass is 579 g/mol. The first kappa shape index (κ1) is 28.1. The van der Waals surface area contributed by atoms with Crippen LogP contribution in [0.2, 0.25) is 0 Å². The van der Waals surface area contributed by atoms with Crippen molar-refractivity contribution in [1.29, 1.82) is 0 Å². The minimum absolute atomic E-state index is 0.0783. The second kappa shape index (κ2) is 11.2. The summed E-state index contributed by atoms with van der Waals surface area (Å²) in [6, 6.07) is 7.16. The van der Waals surface area contributed by atoms with E-state index < -0.39 is 30.5 Å². The smallest absolute Gasteiger partial charge is 0.393 e. The van der Waals surface area contributed by atoms with Crippen molar-refractivity contribution in [3.05, 3.63) is 65.1 Å². The minimum atomic E-state index is -4.32. The van der Waals surface area contributed by atoms with Gasteiger partial charge in [-0.05, 0) is 36.6 Å². The van der Waals surface area contributed by atoms with Crippen molar-refractivity contribution in [3.8, 4) is 16.9 Å². The molecule has 4 aromatic rings. The van der Waals surface area contributed by atoms with Crippen molar-refractivity contribution in [2.24, 2.45) is 0 Å². The fourth-order valence-electron chi connectivity index (χ4n) is 5.08. The van der Waals surface area contributed by atoms with Crippen molar-refractivity contribution in [2.75, 3.05) is 19.1 Å². The van der Waals surface area contributed by atoms with E-state index in [0.29, 0.717) is 46.5 Å². The number of nitrogens with one attached hydrogen (secondary N) is 1. The van der Waals surface area contributed by atoms with Gasteiger partial charge >= 0.3 is 6.18 Å². The highest BCUT2D eigenvalue weighted by atomic mass is 32.1. The van der Waals surface area contributed by atoms with Crippen molar-refractivity contribution in [3.63, 3.8) is 0 Å². The Bertz CT molecular complexity index is 1510. The van der Waals surface area contributed by atoms with E-state index in [1.807, 2.05) is 0 Å². The third-order valence-electron chi connectivity index (χ3n) is 7.03. The maximum Gasteiger partial charge on any atom is 0.393 e. The predicted molar refractivity (Wildman–Crippen MR) is 141 cm³/mol. The van der Waals surface area contributed by atoms with Gasteiger partial charge in [0.2, 0.25) is 0 Å². The summed E-state index contributed by atoms with van der Waals surface area (Å²) >= 11 is 0.979. The lowest BCUT2D eigenvalue weighted by Crippen LogP contribution is -2.38. The summed E-state index contributed by atoms with van der Waals surface area (Å²) in [7, 11) is 3.06. The standard InChI is InChI=1S/C27H26F5N5O2S/c1-37(25-19-9-17(10-27(30,31)32)40-26(19)36-13-35-25)21-7-16(8-22(21)38)33-11-14-3-4-18(20(28)5-14)15-6-23(39-2)24(29)34-12-15/h3-6,9,12-13,16,21-22,33,38H,7-8,10-11H2,1-2H3/t16-,21+,22-/m1/s1. The van der Waals surface area contributed by atoms with E-state index >= 15 is 0 Å². The van der Waals surface area contributed by atoms with Crippen LogP contribution in [0.1, 0.15) is 23.3 Å². The predicted octanol–water partition coefficient (Wildman–Crippen LogP) is 5.26. The number of halogens is 5. The molecule has 1 fully saturated rings. The number of hydrogen-bond donors (Lipinski definition) is 2. The topological polar surface area (TPSA) is 83.4 Å². The molecule has 1 aromatic carbocycles. The summed E-state index contributed by atoms with van der Waals surface area (Å²) in [6.07, 6.45) is -2.53.